The largest absolute Gasteiger partial charge is 0.330 e. The predicted octanol–water partition coefficient (Wildman–Crippen LogP) is 4.37. The Hall–Kier alpha value is -1.02. The number of hydrogen-bond acceptors (Lipinski definition) is 1. The summed E-state index contributed by atoms with van der Waals surface area (Å²) in [4.78, 5) is 0. The zero-order chi connectivity index (χ0) is 12.9. The fourth-order valence-electron chi connectivity index (χ4n) is 2.89. The van der Waals surface area contributed by atoms with Gasteiger partial charge in [0.15, 0.2) is 0 Å². The van der Waals surface area contributed by atoms with Gasteiger partial charge in [-0.2, -0.15) is 0 Å². The van der Waals surface area contributed by atoms with Crippen molar-refractivity contribution in [2.45, 2.75) is 12.8 Å². The molecule has 1 aliphatic carbocycles. The standard InChI is InChI=1S/C15H13Cl2N/c1-8-3-2-4-10-12(7-18)15-11(14(8)10)5-9(16)6-13(15)17/h2-6,12H,7,18H2,1H3. The van der Waals surface area contributed by atoms with Crippen molar-refractivity contribution in [2.75, 3.05) is 6.54 Å². The van der Waals surface area contributed by atoms with Gasteiger partial charge in [-0.3, -0.25) is 0 Å². The minimum absolute atomic E-state index is 0.180. The molecule has 0 amide bonds. The van der Waals surface area contributed by atoms with E-state index in [1.807, 2.05) is 6.07 Å². The van der Waals surface area contributed by atoms with Crippen LogP contribution >= 0.6 is 23.2 Å². The number of rotatable bonds is 1. The van der Waals surface area contributed by atoms with Gasteiger partial charge in [-0.15, -0.1) is 0 Å². The lowest BCUT2D eigenvalue weighted by molar-refractivity contribution is 0.841. The minimum atomic E-state index is 0.180. The lowest BCUT2D eigenvalue weighted by Crippen LogP contribution is -2.11. The summed E-state index contributed by atoms with van der Waals surface area (Å²) in [5, 5.41) is 1.38. The highest BCUT2D eigenvalue weighted by molar-refractivity contribution is 6.36. The molecule has 0 heterocycles. The van der Waals surface area contributed by atoms with Gasteiger partial charge in [0.25, 0.3) is 0 Å². The van der Waals surface area contributed by atoms with Gasteiger partial charge in [0, 0.05) is 22.5 Å². The van der Waals surface area contributed by atoms with Gasteiger partial charge < -0.3 is 5.73 Å². The molecule has 3 rings (SSSR count). The summed E-state index contributed by atoms with van der Waals surface area (Å²) in [5.74, 6) is 0.180. The SMILES string of the molecule is Cc1cccc2c1-c1cc(Cl)cc(Cl)c1C2CN. The summed E-state index contributed by atoms with van der Waals surface area (Å²) in [7, 11) is 0. The molecule has 1 aliphatic rings. The summed E-state index contributed by atoms with van der Waals surface area (Å²) in [6.07, 6.45) is 0. The molecule has 2 aromatic carbocycles. The van der Waals surface area contributed by atoms with E-state index in [-0.39, 0.29) is 5.92 Å². The molecule has 3 heteroatoms. The predicted molar refractivity (Wildman–Crippen MR) is 77.5 cm³/mol. The normalized spacial score (nSPS) is 16.6. The van der Waals surface area contributed by atoms with Crippen LogP contribution in [0.5, 0.6) is 0 Å². The van der Waals surface area contributed by atoms with E-state index in [2.05, 4.69) is 25.1 Å². The van der Waals surface area contributed by atoms with Crippen LogP contribution in [0.25, 0.3) is 11.1 Å². The Bertz CT molecular complexity index is 635. The summed E-state index contributed by atoms with van der Waals surface area (Å²) in [5.41, 5.74) is 11.9. The average Bonchev–Trinajstić information content (AvgIpc) is 2.64. The number of benzene rings is 2. The lowest BCUT2D eigenvalue weighted by atomic mass is 9.96. The Kier molecular flexibility index (Phi) is 2.86. The van der Waals surface area contributed by atoms with Gasteiger partial charge in [0.05, 0.1) is 0 Å². The highest BCUT2D eigenvalue weighted by Gasteiger charge is 2.31. The summed E-state index contributed by atoms with van der Waals surface area (Å²) in [6, 6.07) is 10.1. The monoisotopic (exact) mass is 277 g/mol. The van der Waals surface area contributed by atoms with Gasteiger partial charge in [0.2, 0.25) is 0 Å². The first-order chi connectivity index (χ1) is 8.63. The molecule has 92 valence electrons. The lowest BCUT2D eigenvalue weighted by Gasteiger charge is -2.12. The van der Waals surface area contributed by atoms with Gasteiger partial charge in [-0.1, -0.05) is 41.4 Å². The Balaban J connectivity index is 2.39. The molecule has 1 nitrogen and oxygen atoms in total. The molecule has 0 bridgehead atoms. The van der Waals surface area contributed by atoms with Gasteiger partial charge in [-0.05, 0) is 46.9 Å². The first-order valence-electron chi connectivity index (χ1n) is 5.92. The van der Waals surface area contributed by atoms with E-state index in [1.54, 1.807) is 6.07 Å². The van der Waals surface area contributed by atoms with Gasteiger partial charge in [0.1, 0.15) is 0 Å². The van der Waals surface area contributed by atoms with Crippen molar-refractivity contribution in [3.8, 4) is 11.1 Å². The van der Waals surface area contributed by atoms with E-state index in [0.717, 1.165) is 11.1 Å². The zero-order valence-electron chi connectivity index (χ0n) is 10.0. The maximum atomic E-state index is 6.35. The zero-order valence-corrected chi connectivity index (χ0v) is 11.5. The molecule has 2 N–H and O–H groups in total. The van der Waals surface area contributed by atoms with Crippen molar-refractivity contribution < 1.29 is 0 Å². The quantitative estimate of drug-likeness (QED) is 0.823. The topological polar surface area (TPSA) is 26.0 Å². The molecule has 1 unspecified atom stereocenters. The first kappa shape index (κ1) is 12.0. The van der Waals surface area contributed by atoms with E-state index in [1.165, 1.54) is 16.7 Å². The molecular weight excluding hydrogens is 265 g/mol. The molecule has 18 heavy (non-hydrogen) atoms. The Morgan fingerprint density at radius 1 is 1.22 bits per heavy atom. The van der Waals surface area contributed by atoms with Crippen molar-refractivity contribution >= 4 is 23.2 Å². The van der Waals surface area contributed by atoms with Gasteiger partial charge in [-0.25, -0.2) is 0 Å². The van der Waals surface area contributed by atoms with Crippen molar-refractivity contribution in [3.63, 3.8) is 0 Å². The molecule has 0 saturated heterocycles. The van der Waals surface area contributed by atoms with E-state index in [9.17, 15) is 0 Å². The first-order valence-corrected chi connectivity index (χ1v) is 6.68. The highest BCUT2D eigenvalue weighted by atomic mass is 35.5. The van der Waals surface area contributed by atoms with Crippen LogP contribution in [0.3, 0.4) is 0 Å². The Morgan fingerprint density at radius 2 is 2.00 bits per heavy atom. The summed E-state index contributed by atoms with van der Waals surface area (Å²) in [6.45, 7) is 2.67. The molecule has 0 fully saturated rings. The van der Waals surface area contributed by atoms with Crippen molar-refractivity contribution in [1.82, 2.24) is 0 Å². The molecule has 1 atom stereocenters. The molecule has 0 aromatic heterocycles. The maximum Gasteiger partial charge on any atom is 0.0465 e. The molecule has 0 spiro atoms. The number of aryl methyl sites for hydroxylation is 1. The van der Waals surface area contributed by atoms with E-state index in [4.69, 9.17) is 28.9 Å². The van der Waals surface area contributed by atoms with Crippen LogP contribution in [0.15, 0.2) is 30.3 Å². The third kappa shape index (κ3) is 1.58. The number of halogens is 2. The fourth-order valence-corrected chi connectivity index (χ4v) is 3.52. The van der Waals surface area contributed by atoms with Crippen LogP contribution in [0.1, 0.15) is 22.6 Å². The van der Waals surface area contributed by atoms with Crippen LogP contribution in [0.4, 0.5) is 0 Å². The minimum Gasteiger partial charge on any atom is -0.330 e. The second kappa shape index (κ2) is 4.27. The highest BCUT2D eigenvalue weighted by Crippen LogP contribution is 2.49. The van der Waals surface area contributed by atoms with Crippen LogP contribution in [0, 0.1) is 6.92 Å². The molecule has 0 saturated carbocycles. The molecule has 2 aromatic rings. The third-order valence-electron chi connectivity index (χ3n) is 3.63. The van der Waals surface area contributed by atoms with Crippen LogP contribution in [0.2, 0.25) is 10.0 Å². The van der Waals surface area contributed by atoms with Crippen molar-refractivity contribution in [3.05, 3.63) is 57.1 Å². The fraction of sp³-hybridized carbons (Fsp3) is 0.200. The maximum absolute atomic E-state index is 6.35. The van der Waals surface area contributed by atoms with Crippen LogP contribution in [-0.4, -0.2) is 6.54 Å². The van der Waals surface area contributed by atoms with Crippen molar-refractivity contribution in [2.24, 2.45) is 5.73 Å². The third-order valence-corrected chi connectivity index (χ3v) is 4.16. The number of hydrogen-bond donors (Lipinski definition) is 1. The molecule has 0 aliphatic heterocycles. The van der Waals surface area contributed by atoms with E-state index >= 15 is 0 Å². The summed E-state index contributed by atoms with van der Waals surface area (Å²) < 4.78 is 0. The number of nitrogens with two attached hydrogens (primary N) is 1. The smallest absolute Gasteiger partial charge is 0.0465 e. The number of fused-ring (bicyclic) bond motifs is 3. The second-order valence-electron chi connectivity index (χ2n) is 4.68. The average molecular weight is 278 g/mol. The molecule has 0 radical (unpaired) electrons. The van der Waals surface area contributed by atoms with E-state index < -0.39 is 0 Å². The van der Waals surface area contributed by atoms with Gasteiger partial charge >= 0.3 is 0 Å². The second-order valence-corrected chi connectivity index (χ2v) is 5.52. The molecular formula is C15H13Cl2N. The Labute approximate surface area is 117 Å². The Morgan fingerprint density at radius 3 is 2.72 bits per heavy atom. The van der Waals surface area contributed by atoms with Crippen LogP contribution < -0.4 is 5.73 Å². The summed E-state index contributed by atoms with van der Waals surface area (Å²) >= 11 is 12.5. The van der Waals surface area contributed by atoms with E-state index in [0.29, 0.717) is 16.6 Å². The van der Waals surface area contributed by atoms with Crippen molar-refractivity contribution in [1.29, 1.82) is 0 Å². The van der Waals surface area contributed by atoms with Crippen LogP contribution in [-0.2, 0) is 0 Å².